The van der Waals surface area contributed by atoms with Crippen LogP contribution in [0.1, 0.15) is 0 Å². The molecule has 0 spiro atoms. The maximum atomic E-state index is 11.4. The van der Waals surface area contributed by atoms with Crippen molar-refractivity contribution < 1.29 is 14.4 Å². The standard InChI is InChI=1S/C14H17N3O4/c18-17(19)12-4-14-13(20-1-2-21-14)3-11(12)16-7-9-5-15-6-10(9)8-16/h3-4,9-10,15H,1-2,5-8H2. The van der Waals surface area contributed by atoms with E-state index in [-0.39, 0.29) is 10.6 Å². The fourth-order valence-electron chi connectivity index (χ4n) is 3.52. The van der Waals surface area contributed by atoms with E-state index in [0.29, 0.717) is 42.2 Å². The smallest absolute Gasteiger partial charge is 0.296 e. The molecule has 0 radical (unpaired) electrons. The predicted molar refractivity (Wildman–Crippen MR) is 76.1 cm³/mol. The van der Waals surface area contributed by atoms with Gasteiger partial charge in [0.05, 0.1) is 11.0 Å². The first-order valence-electron chi connectivity index (χ1n) is 7.26. The van der Waals surface area contributed by atoms with E-state index in [9.17, 15) is 10.1 Å². The Morgan fingerprint density at radius 3 is 2.38 bits per heavy atom. The summed E-state index contributed by atoms with van der Waals surface area (Å²) in [7, 11) is 0. The van der Waals surface area contributed by atoms with Gasteiger partial charge in [-0.2, -0.15) is 0 Å². The van der Waals surface area contributed by atoms with Gasteiger partial charge in [0.2, 0.25) is 0 Å². The normalized spacial score (nSPS) is 26.8. The van der Waals surface area contributed by atoms with Crippen LogP contribution in [0.3, 0.4) is 0 Å². The number of nitro groups is 1. The van der Waals surface area contributed by atoms with E-state index in [1.165, 1.54) is 6.07 Å². The van der Waals surface area contributed by atoms with Gasteiger partial charge in [0, 0.05) is 32.2 Å². The third-order valence-electron chi connectivity index (χ3n) is 4.57. The Morgan fingerprint density at radius 1 is 1.14 bits per heavy atom. The first kappa shape index (κ1) is 12.7. The lowest BCUT2D eigenvalue weighted by Crippen LogP contribution is -2.26. The summed E-state index contributed by atoms with van der Waals surface area (Å²) in [5, 5.41) is 14.8. The van der Waals surface area contributed by atoms with E-state index in [1.54, 1.807) is 6.07 Å². The zero-order valence-corrected chi connectivity index (χ0v) is 11.6. The number of nitro benzene ring substituents is 1. The number of ether oxygens (including phenoxy) is 2. The first-order chi connectivity index (χ1) is 10.2. The van der Waals surface area contributed by atoms with E-state index in [0.717, 1.165) is 26.2 Å². The van der Waals surface area contributed by atoms with Crippen LogP contribution in [-0.2, 0) is 0 Å². The third kappa shape index (κ3) is 2.08. The maximum absolute atomic E-state index is 11.4. The van der Waals surface area contributed by atoms with Gasteiger partial charge in [-0.3, -0.25) is 10.1 Å². The highest BCUT2D eigenvalue weighted by Crippen LogP contribution is 2.43. The van der Waals surface area contributed by atoms with Crippen molar-refractivity contribution in [1.29, 1.82) is 0 Å². The molecule has 21 heavy (non-hydrogen) atoms. The fraction of sp³-hybridized carbons (Fsp3) is 0.571. The van der Waals surface area contributed by atoms with E-state index < -0.39 is 0 Å². The zero-order valence-electron chi connectivity index (χ0n) is 11.6. The summed E-state index contributed by atoms with van der Waals surface area (Å²) in [5.74, 6) is 2.24. The summed E-state index contributed by atoms with van der Waals surface area (Å²) < 4.78 is 11.0. The molecule has 2 unspecified atom stereocenters. The van der Waals surface area contributed by atoms with Gasteiger partial charge < -0.3 is 19.7 Å². The van der Waals surface area contributed by atoms with E-state index in [4.69, 9.17) is 9.47 Å². The van der Waals surface area contributed by atoms with E-state index in [1.807, 2.05) is 0 Å². The third-order valence-corrected chi connectivity index (χ3v) is 4.57. The maximum Gasteiger partial charge on any atom is 0.296 e. The van der Waals surface area contributed by atoms with Gasteiger partial charge >= 0.3 is 0 Å². The van der Waals surface area contributed by atoms with Crippen molar-refractivity contribution in [3.8, 4) is 11.5 Å². The lowest BCUT2D eigenvalue weighted by Gasteiger charge is -2.23. The van der Waals surface area contributed by atoms with Gasteiger partial charge in [-0.25, -0.2) is 0 Å². The van der Waals surface area contributed by atoms with Crippen molar-refractivity contribution in [2.45, 2.75) is 0 Å². The van der Waals surface area contributed by atoms with E-state index >= 15 is 0 Å². The molecule has 2 saturated heterocycles. The lowest BCUT2D eigenvalue weighted by molar-refractivity contribution is -0.384. The molecule has 0 saturated carbocycles. The number of rotatable bonds is 2. The highest BCUT2D eigenvalue weighted by atomic mass is 16.6. The van der Waals surface area contributed by atoms with Crippen molar-refractivity contribution in [3.05, 3.63) is 22.2 Å². The molecule has 7 heteroatoms. The monoisotopic (exact) mass is 291 g/mol. The second kappa shape index (κ2) is 4.77. The second-order valence-corrected chi connectivity index (χ2v) is 5.83. The Balaban J connectivity index is 1.71. The lowest BCUT2D eigenvalue weighted by atomic mass is 10.0. The van der Waals surface area contributed by atoms with Gasteiger partial charge in [0.15, 0.2) is 11.5 Å². The molecule has 0 amide bonds. The Hall–Kier alpha value is -2.02. The molecular formula is C14H17N3O4. The molecule has 0 aliphatic carbocycles. The highest BCUT2D eigenvalue weighted by Gasteiger charge is 2.38. The number of anilines is 1. The van der Waals surface area contributed by atoms with Crippen molar-refractivity contribution in [2.24, 2.45) is 11.8 Å². The molecule has 3 aliphatic heterocycles. The summed E-state index contributed by atoms with van der Waals surface area (Å²) in [6, 6.07) is 3.26. The number of hydrogen-bond donors (Lipinski definition) is 1. The van der Waals surface area contributed by atoms with Crippen LogP contribution >= 0.6 is 0 Å². The average Bonchev–Trinajstić information content (AvgIpc) is 3.07. The van der Waals surface area contributed by atoms with Gasteiger partial charge in [-0.05, 0) is 11.8 Å². The largest absolute Gasteiger partial charge is 0.486 e. The Kier molecular flexibility index (Phi) is 2.88. The van der Waals surface area contributed by atoms with Crippen molar-refractivity contribution in [2.75, 3.05) is 44.3 Å². The molecule has 4 rings (SSSR count). The quantitative estimate of drug-likeness (QED) is 0.647. The summed E-state index contributed by atoms with van der Waals surface area (Å²) in [6.07, 6.45) is 0. The molecule has 0 aromatic heterocycles. The SMILES string of the molecule is O=[N+]([O-])c1cc2c(cc1N1CC3CNCC3C1)OCCO2. The Labute approximate surface area is 122 Å². The minimum Gasteiger partial charge on any atom is -0.486 e. The number of benzene rings is 1. The van der Waals surface area contributed by atoms with Crippen LogP contribution in [0.2, 0.25) is 0 Å². The Morgan fingerprint density at radius 2 is 1.76 bits per heavy atom. The predicted octanol–water partition coefficient (Wildman–Crippen LogP) is 1.02. The fourth-order valence-corrected chi connectivity index (χ4v) is 3.52. The van der Waals surface area contributed by atoms with Gasteiger partial charge in [0.1, 0.15) is 18.9 Å². The van der Waals surface area contributed by atoms with Crippen LogP contribution in [0, 0.1) is 22.0 Å². The molecule has 0 bridgehead atoms. The number of hydrogen-bond acceptors (Lipinski definition) is 6. The second-order valence-electron chi connectivity index (χ2n) is 5.83. The van der Waals surface area contributed by atoms with Crippen molar-refractivity contribution in [3.63, 3.8) is 0 Å². The molecule has 3 heterocycles. The van der Waals surface area contributed by atoms with Gasteiger partial charge in [-0.15, -0.1) is 0 Å². The Bertz CT molecular complexity index is 580. The zero-order chi connectivity index (χ0) is 14.4. The molecule has 2 fully saturated rings. The highest BCUT2D eigenvalue weighted by molar-refractivity contribution is 5.70. The molecular weight excluding hydrogens is 274 g/mol. The number of fused-ring (bicyclic) bond motifs is 2. The van der Waals surface area contributed by atoms with Crippen LogP contribution < -0.4 is 19.7 Å². The van der Waals surface area contributed by atoms with Crippen LogP contribution in [0.5, 0.6) is 11.5 Å². The van der Waals surface area contributed by atoms with Crippen LogP contribution in [-0.4, -0.2) is 44.3 Å². The summed E-state index contributed by atoms with van der Waals surface area (Å²) in [4.78, 5) is 13.2. The first-order valence-corrected chi connectivity index (χ1v) is 7.26. The van der Waals surface area contributed by atoms with Crippen LogP contribution in [0.15, 0.2) is 12.1 Å². The van der Waals surface area contributed by atoms with Crippen LogP contribution in [0.4, 0.5) is 11.4 Å². The molecule has 7 nitrogen and oxygen atoms in total. The van der Waals surface area contributed by atoms with Gasteiger partial charge in [0.25, 0.3) is 5.69 Å². The van der Waals surface area contributed by atoms with Gasteiger partial charge in [-0.1, -0.05) is 0 Å². The molecule has 2 atom stereocenters. The molecule has 3 aliphatic rings. The molecule has 1 aromatic carbocycles. The molecule has 112 valence electrons. The molecule has 1 N–H and O–H groups in total. The van der Waals surface area contributed by atoms with Crippen molar-refractivity contribution in [1.82, 2.24) is 5.32 Å². The topological polar surface area (TPSA) is 76.9 Å². The van der Waals surface area contributed by atoms with Crippen LogP contribution in [0.25, 0.3) is 0 Å². The summed E-state index contributed by atoms with van der Waals surface area (Å²) in [5.41, 5.74) is 0.755. The summed E-state index contributed by atoms with van der Waals surface area (Å²) >= 11 is 0. The van der Waals surface area contributed by atoms with Crippen molar-refractivity contribution >= 4 is 11.4 Å². The summed E-state index contributed by atoms with van der Waals surface area (Å²) in [6.45, 7) is 4.64. The number of nitrogens with zero attached hydrogens (tertiary/aromatic N) is 2. The number of nitrogens with one attached hydrogen (secondary N) is 1. The van der Waals surface area contributed by atoms with E-state index in [2.05, 4.69) is 10.2 Å². The average molecular weight is 291 g/mol. The minimum atomic E-state index is -0.333. The molecule has 1 aromatic rings. The minimum absolute atomic E-state index is 0.104.